The SMILES string of the molecule is CCCNOCC(F)(F)F. The lowest BCUT2D eigenvalue weighted by molar-refractivity contribution is -0.189. The lowest BCUT2D eigenvalue weighted by atomic mass is 10.5. The average Bonchev–Trinajstić information content (AvgIpc) is 1.78. The molecule has 0 unspecified atom stereocenters. The van der Waals surface area contributed by atoms with E-state index in [0.29, 0.717) is 6.54 Å². The number of hydroxylamine groups is 1. The maximum Gasteiger partial charge on any atom is 0.413 e. The van der Waals surface area contributed by atoms with Crippen LogP contribution in [0.4, 0.5) is 13.2 Å². The summed E-state index contributed by atoms with van der Waals surface area (Å²) in [4.78, 5) is 4.06. The maximum atomic E-state index is 11.3. The Labute approximate surface area is 57.3 Å². The quantitative estimate of drug-likeness (QED) is 0.493. The standard InChI is InChI=1S/C5H10F3NO/c1-2-3-9-10-4-5(6,7)8/h9H,2-4H2,1H3. The van der Waals surface area contributed by atoms with Gasteiger partial charge in [0.15, 0.2) is 6.61 Å². The molecule has 0 aliphatic carbocycles. The van der Waals surface area contributed by atoms with Crippen molar-refractivity contribution in [2.45, 2.75) is 19.5 Å². The molecule has 0 radical (unpaired) electrons. The normalized spacial score (nSPS) is 12.0. The Morgan fingerprint density at radius 3 is 2.40 bits per heavy atom. The minimum Gasteiger partial charge on any atom is -0.292 e. The minimum atomic E-state index is -4.24. The lowest BCUT2D eigenvalue weighted by Crippen LogP contribution is -2.25. The second-order valence-electron chi connectivity index (χ2n) is 1.80. The summed E-state index contributed by atoms with van der Waals surface area (Å²) in [6.45, 7) is 1.05. The van der Waals surface area contributed by atoms with Crippen LogP contribution in [0.1, 0.15) is 13.3 Å². The van der Waals surface area contributed by atoms with Gasteiger partial charge in [-0.1, -0.05) is 6.92 Å². The number of hydrogen-bond donors (Lipinski definition) is 1. The Morgan fingerprint density at radius 1 is 1.40 bits per heavy atom. The third kappa shape index (κ3) is 7.71. The average molecular weight is 157 g/mol. The summed E-state index contributed by atoms with van der Waals surface area (Å²) in [5.74, 6) is 0. The van der Waals surface area contributed by atoms with E-state index in [-0.39, 0.29) is 0 Å². The summed E-state index contributed by atoms with van der Waals surface area (Å²) >= 11 is 0. The van der Waals surface area contributed by atoms with Gasteiger partial charge in [-0.3, -0.25) is 4.84 Å². The van der Waals surface area contributed by atoms with Gasteiger partial charge in [0, 0.05) is 6.54 Å². The van der Waals surface area contributed by atoms with Crippen molar-refractivity contribution in [3.63, 3.8) is 0 Å². The molecular weight excluding hydrogens is 147 g/mol. The van der Waals surface area contributed by atoms with Crippen LogP contribution < -0.4 is 5.48 Å². The van der Waals surface area contributed by atoms with Gasteiger partial charge in [-0.25, -0.2) is 5.48 Å². The monoisotopic (exact) mass is 157 g/mol. The van der Waals surface area contributed by atoms with E-state index in [1.165, 1.54) is 0 Å². The number of alkyl halides is 3. The Kier molecular flexibility index (Phi) is 4.38. The van der Waals surface area contributed by atoms with E-state index >= 15 is 0 Å². The molecule has 0 aromatic rings. The smallest absolute Gasteiger partial charge is 0.292 e. The molecule has 0 atom stereocenters. The molecule has 0 aliphatic heterocycles. The van der Waals surface area contributed by atoms with Gasteiger partial charge in [0.05, 0.1) is 0 Å². The molecule has 0 heterocycles. The first-order valence-electron chi connectivity index (χ1n) is 2.97. The van der Waals surface area contributed by atoms with Crippen LogP contribution in [0, 0.1) is 0 Å². The van der Waals surface area contributed by atoms with E-state index in [2.05, 4.69) is 10.3 Å². The highest BCUT2D eigenvalue weighted by Gasteiger charge is 2.27. The third-order valence-electron chi connectivity index (χ3n) is 0.690. The summed E-state index contributed by atoms with van der Waals surface area (Å²) in [6.07, 6.45) is -3.49. The summed E-state index contributed by atoms with van der Waals surface area (Å²) < 4.78 is 34.0. The first-order valence-corrected chi connectivity index (χ1v) is 2.97. The topological polar surface area (TPSA) is 21.3 Å². The largest absolute Gasteiger partial charge is 0.413 e. The molecule has 0 bridgehead atoms. The lowest BCUT2D eigenvalue weighted by Gasteiger charge is -2.06. The van der Waals surface area contributed by atoms with Crippen molar-refractivity contribution >= 4 is 0 Å². The number of nitrogens with one attached hydrogen (secondary N) is 1. The zero-order valence-corrected chi connectivity index (χ0v) is 5.66. The fraction of sp³-hybridized carbons (Fsp3) is 1.00. The van der Waals surface area contributed by atoms with E-state index in [1.807, 2.05) is 6.92 Å². The van der Waals surface area contributed by atoms with E-state index in [0.717, 1.165) is 6.42 Å². The molecule has 0 aliphatic rings. The molecule has 0 aromatic heterocycles. The molecule has 1 N–H and O–H groups in total. The summed E-state index contributed by atoms with van der Waals surface area (Å²) in [6, 6.07) is 0. The Balaban J connectivity index is 3.04. The Morgan fingerprint density at radius 2 is 2.00 bits per heavy atom. The molecule has 0 saturated heterocycles. The summed E-state index contributed by atoms with van der Waals surface area (Å²) in [7, 11) is 0. The fourth-order valence-corrected chi connectivity index (χ4v) is 0.307. The van der Waals surface area contributed by atoms with Crippen LogP contribution in [-0.2, 0) is 4.84 Å². The molecule has 10 heavy (non-hydrogen) atoms. The fourth-order valence-electron chi connectivity index (χ4n) is 0.307. The predicted octanol–water partition coefficient (Wildman–Crippen LogP) is 1.48. The highest BCUT2D eigenvalue weighted by atomic mass is 19.4. The molecule has 5 heteroatoms. The van der Waals surface area contributed by atoms with Crippen LogP contribution in [0.25, 0.3) is 0 Å². The summed E-state index contributed by atoms with van der Waals surface area (Å²) in [5.41, 5.74) is 2.17. The van der Waals surface area contributed by atoms with Gasteiger partial charge in [0.2, 0.25) is 0 Å². The molecular formula is C5H10F3NO. The first-order chi connectivity index (χ1) is 4.56. The predicted molar refractivity (Wildman–Crippen MR) is 30.3 cm³/mol. The van der Waals surface area contributed by atoms with Gasteiger partial charge in [0.25, 0.3) is 0 Å². The second kappa shape index (κ2) is 4.51. The Hall–Kier alpha value is -0.290. The van der Waals surface area contributed by atoms with E-state index in [4.69, 9.17) is 0 Å². The molecule has 0 amide bonds. The highest BCUT2D eigenvalue weighted by Crippen LogP contribution is 2.13. The molecule has 0 aromatic carbocycles. The van der Waals surface area contributed by atoms with Crippen LogP contribution in [0.3, 0.4) is 0 Å². The van der Waals surface area contributed by atoms with Crippen LogP contribution in [0.2, 0.25) is 0 Å². The first kappa shape index (κ1) is 9.71. The van der Waals surface area contributed by atoms with Crippen LogP contribution in [0.15, 0.2) is 0 Å². The minimum absolute atomic E-state index is 0.441. The van der Waals surface area contributed by atoms with Crippen molar-refractivity contribution in [2.75, 3.05) is 13.2 Å². The molecule has 0 fully saturated rings. The molecule has 2 nitrogen and oxygen atoms in total. The van der Waals surface area contributed by atoms with Crippen molar-refractivity contribution in [1.29, 1.82) is 0 Å². The van der Waals surface area contributed by atoms with Gasteiger partial charge >= 0.3 is 6.18 Å². The van der Waals surface area contributed by atoms with Crippen LogP contribution >= 0.6 is 0 Å². The second-order valence-corrected chi connectivity index (χ2v) is 1.80. The molecule has 0 spiro atoms. The van der Waals surface area contributed by atoms with Crippen molar-refractivity contribution in [3.8, 4) is 0 Å². The van der Waals surface area contributed by atoms with Crippen LogP contribution in [0.5, 0.6) is 0 Å². The number of rotatable bonds is 4. The van der Waals surface area contributed by atoms with Crippen molar-refractivity contribution in [1.82, 2.24) is 5.48 Å². The molecule has 0 saturated carbocycles. The Bertz CT molecular complexity index is 83.5. The highest BCUT2D eigenvalue weighted by molar-refractivity contribution is 4.43. The van der Waals surface area contributed by atoms with Gasteiger partial charge in [-0.2, -0.15) is 13.2 Å². The summed E-state index contributed by atoms with van der Waals surface area (Å²) in [5, 5.41) is 0. The number of halogens is 3. The third-order valence-corrected chi connectivity index (χ3v) is 0.690. The zero-order chi connectivity index (χ0) is 8.04. The van der Waals surface area contributed by atoms with Gasteiger partial charge in [0.1, 0.15) is 0 Å². The molecule has 0 rings (SSSR count). The zero-order valence-electron chi connectivity index (χ0n) is 5.66. The van der Waals surface area contributed by atoms with E-state index < -0.39 is 12.8 Å². The van der Waals surface area contributed by atoms with Gasteiger partial charge in [-0.15, -0.1) is 0 Å². The van der Waals surface area contributed by atoms with Crippen molar-refractivity contribution in [2.24, 2.45) is 0 Å². The molecule has 62 valence electrons. The van der Waals surface area contributed by atoms with E-state index in [1.54, 1.807) is 0 Å². The van der Waals surface area contributed by atoms with Gasteiger partial charge in [-0.05, 0) is 6.42 Å². The maximum absolute atomic E-state index is 11.3. The van der Waals surface area contributed by atoms with Crippen LogP contribution in [-0.4, -0.2) is 19.3 Å². The number of hydrogen-bond acceptors (Lipinski definition) is 2. The van der Waals surface area contributed by atoms with Crippen molar-refractivity contribution in [3.05, 3.63) is 0 Å². The van der Waals surface area contributed by atoms with E-state index in [9.17, 15) is 13.2 Å². The van der Waals surface area contributed by atoms with Gasteiger partial charge < -0.3 is 0 Å². The van der Waals surface area contributed by atoms with Crippen molar-refractivity contribution < 1.29 is 18.0 Å².